The zero-order chi connectivity index (χ0) is 23.2. The summed E-state index contributed by atoms with van der Waals surface area (Å²) in [5.41, 5.74) is 4.18. The van der Waals surface area contributed by atoms with E-state index in [1.165, 1.54) is 0 Å². The van der Waals surface area contributed by atoms with E-state index in [1.54, 1.807) is 0 Å². The molecule has 0 amide bonds. The van der Waals surface area contributed by atoms with Gasteiger partial charge in [-0.05, 0) is 22.3 Å². The topological polar surface area (TPSA) is 66.4 Å². The van der Waals surface area contributed by atoms with E-state index in [-0.39, 0.29) is 6.61 Å². The molecule has 2 aliphatic rings. The van der Waals surface area contributed by atoms with E-state index in [0.717, 1.165) is 22.3 Å². The number of benzene rings is 3. The molecule has 6 nitrogen and oxygen atoms in total. The van der Waals surface area contributed by atoms with Gasteiger partial charge in [0, 0.05) is 0 Å². The SMILES string of the molecule is OC1O[C@@H]2COCc3ccccc3CO[C@@H]([C@H]2OCc2ccccc2)[C@H]1OCc1ccccc1. The lowest BCUT2D eigenvalue weighted by Crippen LogP contribution is -2.61. The van der Waals surface area contributed by atoms with Gasteiger partial charge in [0.25, 0.3) is 0 Å². The van der Waals surface area contributed by atoms with Crippen molar-refractivity contribution in [2.45, 2.75) is 57.1 Å². The summed E-state index contributed by atoms with van der Waals surface area (Å²) >= 11 is 0. The van der Waals surface area contributed by atoms with Crippen molar-refractivity contribution in [2.24, 2.45) is 0 Å². The summed E-state index contributed by atoms with van der Waals surface area (Å²) < 4.78 is 31.0. The van der Waals surface area contributed by atoms with Crippen LogP contribution in [-0.4, -0.2) is 42.4 Å². The van der Waals surface area contributed by atoms with Gasteiger partial charge in [-0.3, -0.25) is 0 Å². The van der Waals surface area contributed by atoms with Crippen LogP contribution in [0, 0.1) is 0 Å². The summed E-state index contributed by atoms with van der Waals surface area (Å²) in [4.78, 5) is 0. The molecule has 3 aromatic rings. The molecule has 0 spiro atoms. The summed E-state index contributed by atoms with van der Waals surface area (Å²) in [7, 11) is 0. The number of ether oxygens (including phenoxy) is 5. The van der Waals surface area contributed by atoms with Crippen LogP contribution in [0.5, 0.6) is 0 Å². The Bertz CT molecular complexity index is 1030. The Labute approximate surface area is 200 Å². The predicted molar refractivity (Wildman–Crippen MR) is 126 cm³/mol. The van der Waals surface area contributed by atoms with E-state index >= 15 is 0 Å². The highest BCUT2D eigenvalue weighted by Gasteiger charge is 2.48. The molecule has 1 saturated heterocycles. The third kappa shape index (κ3) is 5.55. The summed E-state index contributed by atoms with van der Waals surface area (Å²) in [5, 5.41) is 10.9. The van der Waals surface area contributed by atoms with Gasteiger partial charge in [-0.25, -0.2) is 0 Å². The molecular weight excluding hydrogens is 432 g/mol. The van der Waals surface area contributed by atoms with Gasteiger partial charge in [0.15, 0.2) is 6.29 Å². The summed E-state index contributed by atoms with van der Waals surface area (Å²) in [6, 6.07) is 27.9. The number of rotatable bonds is 6. The first kappa shape index (κ1) is 23.2. The average Bonchev–Trinajstić information content (AvgIpc) is 2.88. The van der Waals surface area contributed by atoms with Crippen LogP contribution in [0.25, 0.3) is 0 Å². The van der Waals surface area contributed by atoms with Gasteiger partial charge in [-0.15, -0.1) is 0 Å². The van der Waals surface area contributed by atoms with Crippen molar-refractivity contribution in [3.63, 3.8) is 0 Å². The number of aliphatic hydroxyl groups is 1. The first-order chi connectivity index (χ1) is 16.8. The molecule has 0 aliphatic carbocycles. The van der Waals surface area contributed by atoms with E-state index in [4.69, 9.17) is 23.7 Å². The molecule has 1 fully saturated rings. The fourth-order valence-corrected chi connectivity index (χ4v) is 4.44. The molecule has 2 bridgehead atoms. The average molecular weight is 463 g/mol. The van der Waals surface area contributed by atoms with Crippen LogP contribution in [0.3, 0.4) is 0 Å². The lowest BCUT2D eigenvalue weighted by molar-refractivity contribution is -0.318. The van der Waals surface area contributed by atoms with Crippen molar-refractivity contribution in [2.75, 3.05) is 6.61 Å². The van der Waals surface area contributed by atoms with Gasteiger partial charge in [-0.1, -0.05) is 84.9 Å². The second-order valence-corrected chi connectivity index (χ2v) is 8.65. The molecular formula is C28H30O6. The third-order valence-corrected chi connectivity index (χ3v) is 6.27. The van der Waals surface area contributed by atoms with Crippen molar-refractivity contribution in [1.29, 1.82) is 0 Å². The number of aliphatic hydroxyl groups excluding tert-OH is 1. The van der Waals surface area contributed by atoms with Crippen molar-refractivity contribution in [3.05, 3.63) is 107 Å². The highest BCUT2D eigenvalue weighted by Crippen LogP contribution is 2.31. The Morgan fingerprint density at radius 2 is 1.26 bits per heavy atom. The molecule has 1 N–H and O–H groups in total. The van der Waals surface area contributed by atoms with Crippen molar-refractivity contribution < 1.29 is 28.8 Å². The molecule has 6 heteroatoms. The fourth-order valence-electron chi connectivity index (χ4n) is 4.44. The Morgan fingerprint density at radius 3 is 1.91 bits per heavy atom. The highest BCUT2D eigenvalue weighted by atomic mass is 16.7. The quantitative estimate of drug-likeness (QED) is 0.598. The molecule has 0 radical (unpaired) electrons. The molecule has 1 unspecified atom stereocenters. The maximum Gasteiger partial charge on any atom is 0.184 e. The maximum absolute atomic E-state index is 10.9. The van der Waals surface area contributed by atoms with Crippen LogP contribution in [0.2, 0.25) is 0 Å². The molecule has 34 heavy (non-hydrogen) atoms. The first-order valence-corrected chi connectivity index (χ1v) is 11.7. The molecule has 0 aromatic heterocycles. The Hall–Kier alpha value is -2.58. The molecule has 2 heterocycles. The minimum atomic E-state index is -1.16. The minimum Gasteiger partial charge on any atom is -0.374 e. The highest BCUT2D eigenvalue weighted by molar-refractivity contribution is 5.26. The van der Waals surface area contributed by atoms with Crippen molar-refractivity contribution in [1.82, 2.24) is 0 Å². The molecule has 2 aliphatic heterocycles. The van der Waals surface area contributed by atoms with Crippen molar-refractivity contribution in [3.8, 4) is 0 Å². The number of fused-ring (bicyclic) bond motifs is 3. The van der Waals surface area contributed by atoms with Crippen LogP contribution in [-0.2, 0) is 50.1 Å². The Morgan fingerprint density at radius 1 is 0.706 bits per heavy atom. The predicted octanol–water partition coefficient (Wildman–Crippen LogP) is 3.99. The standard InChI is InChI=1S/C28H30O6/c29-28-27(32-16-21-11-5-2-6-12-21)26-25(31-15-20-9-3-1-4-10-20)24(34-28)19-30-17-22-13-7-8-14-23(22)18-33-26/h1-14,24-29H,15-19H2/t24-,25+,26+,27-,28?/m1/s1. The molecule has 5 rings (SSSR count). The van der Waals surface area contributed by atoms with E-state index in [2.05, 4.69) is 0 Å². The zero-order valence-electron chi connectivity index (χ0n) is 19.0. The fraction of sp³-hybridized carbons (Fsp3) is 0.357. The number of hydrogen-bond acceptors (Lipinski definition) is 6. The van der Waals surface area contributed by atoms with Gasteiger partial charge in [-0.2, -0.15) is 0 Å². The third-order valence-electron chi connectivity index (χ3n) is 6.27. The molecule has 0 saturated carbocycles. The van der Waals surface area contributed by atoms with E-state index in [1.807, 2.05) is 84.9 Å². The normalized spacial score (nSPS) is 27.0. The lowest BCUT2D eigenvalue weighted by Gasteiger charge is -2.44. The van der Waals surface area contributed by atoms with Crippen LogP contribution in [0.4, 0.5) is 0 Å². The second kappa shape index (κ2) is 11.2. The van der Waals surface area contributed by atoms with Gasteiger partial charge >= 0.3 is 0 Å². The first-order valence-electron chi connectivity index (χ1n) is 11.7. The largest absolute Gasteiger partial charge is 0.374 e. The molecule has 178 valence electrons. The number of hydrogen-bond donors (Lipinski definition) is 1. The van der Waals surface area contributed by atoms with Crippen LogP contribution < -0.4 is 0 Å². The van der Waals surface area contributed by atoms with Gasteiger partial charge in [0.2, 0.25) is 0 Å². The van der Waals surface area contributed by atoms with E-state index in [0.29, 0.717) is 26.4 Å². The Kier molecular flexibility index (Phi) is 7.65. The van der Waals surface area contributed by atoms with Crippen LogP contribution in [0.15, 0.2) is 84.9 Å². The summed E-state index contributed by atoms with van der Waals surface area (Å²) in [6.07, 6.45) is -3.39. The monoisotopic (exact) mass is 462 g/mol. The molecule has 3 aromatic carbocycles. The van der Waals surface area contributed by atoms with Crippen LogP contribution >= 0.6 is 0 Å². The van der Waals surface area contributed by atoms with E-state index in [9.17, 15) is 5.11 Å². The van der Waals surface area contributed by atoms with Gasteiger partial charge in [0.05, 0.1) is 33.0 Å². The zero-order valence-corrected chi connectivity index (χ0v) is 19.0. The molecule has 5 atom stereocenters. The smallest absolute Gasteiger partial charge is 0.184 e. The summed E-state index contributed by atoms with van der Waals surface area (Å²) in [6.45, 7) is 1.80. The lowest BCUT2D eigenvalue weighted by atomic mass is 9.97. The summed E-state index contributed by atoms with van der Waals surface area (Å²) in [5.74, 6) is 0. The van der Waals surface area contributed by atoms with Gasteiger partial charge in [0.1, 0.15) is 24.4 Å². The van der Waals surface area contributed by atoms with Gasteiger partial charge < -0.3 is 28.8 Å². The Balaban J connectivity index is 1.40. The van der Waals surface area contributed by atoms with Crippen LogP contribution in [0.1, 0.15) is 22.3 Å². The van der Waals surface area contributed by atoms with E-state index < -0.39 is 30.7 Å². The minimum absolute atomic E-state index is 0.274. The second-order valence-electron chi connectivity index (χ2n) is 8.65. The van der Waals surface area contributed by atoms with Crippen molar-refractivity contribution >= 4 is 0 Å². The maximum atomic E-state index is 10.9.